The highest BCUT2D eigenvalue weighted by Crippen LogP contribution is 2.14. The van der Waals surface area contributed by atoms with Crippen LogP contribution >= 0.6 is 0 Å². The number of hydrogen-bond acceptors (Lipinski definition) is 4. The van der Waals surface area contributed by atoms with Crippen molar-refractivity contribution in [1.82, 2.24) is 19.4 Å². The summed E-state index contributed by atoms with van der Waals surface area (Å²) in [5, 5.41) is 0. The molecule has 0 radical (unpaired) electrons. The molecule has 1 atom stereocenters. The van der Waals surface area contributed by atoms with Crippen LogP contribution in [-0.2, 0) is 11.3 Å². The Bertz CT molecular complexity index is 594. The molecule has 1 aromatic heterocycles. The lowest BCUT2D eigenvalue weighted by molar-refractivity contribution is -0.132. The van der Waals surface area contributed by atoms with Crippen molar-refractivity contribution in [3.63, 3.8) is 0 Å². The first-order valence-corrected chi connectivity index (χ1v) is 7.87. The minimum atomic E-state index is -0.343. The van der Waals surface area contributed by atoms with Gasteiger partial charge >= 0.3 is 5.69 Å². The second-order valence-corrected chi connectivity index (χ2v) is 6.36. The molecule has 22 heavy (non-hydrogen) atoms. The van der Waals surface area contributed by atoms with Crippen LogP contribution in [0.2, 0.25) is 0 Å². The van der Waals surface area contributed by atoms with Crippen LogP contribution in [0.15, 0.2) is 10.9 Å². The van der Waals surface area contributed by atoms with Crippen molar-refractivity contribution in [2.24, 2.45) is 0 Å². The lowest BCUT2D eigenvalue weighted by Crippen LogP contribution is -2.44. The summed E-state index contributed by atoms with van der Waals surface area (Å²) in [4.78, 5) is 32.6. The molecule has 1 amide bonds. The average molecular weight is 306 g/mol. The molecular weight excluding hydrogens is 280 g/mol. The number of likely N-dealkylation sites (tertiary alicyclic amines) is 1. The molecule has 6 nitrogen and oxygen atoms in total. The second kappa shape index (κ2) is 7.05. The maximum Gasteiger partial charge on any atom is 0.348 e. The van der Waals surface area contributed by atoms with Gasteiger partial charge in [-0.05, 0) is 46.9 Å². The standard InChI is InChI=1S/C16H26N4O2/c1-12-9-13(2)20(16(22)17-12)11-15(21)19-8-6-5-7-14(10-19)18(3)4/h9,14H,5-8,10-11H2,1-4H3. The third-order valence-electron chi connectivity index (χ3n) is 4.37. The molecule has 6 heteroatoms. The number of nitrogens with zero attached hydrogens (tertiary/aromatic N) is 4. The summed E-state index contributed by atoms with van der Waals surface area (Å²) in [6, 6.07) is 2.22. The summed E-state index contributed by atoms with van der Waals surface area (Å²) >= 11 is 0. The highest BCUT2D eigenvalue weighted by molar-refractivity contribution is 5.76. The Kier molecular flexibility index (Phi) is 5.34. The van der Waals surface area contributed by atoms with Gasteiger partial charge in [-0.15, -0.1) is 0 Å². The highest BCUT2D eigenvalue weighted by Gasteiger charge is 2.23. The third-order valence-corrected chi connectivity index (χ3v) is 4.37. The Balaban J connectivity index is 2.13. The Morgan fingerprint density at radius 2 is 2.09 bits per heavy atom. The molecule has 0 aliphatic carbocycles. The van der Waals surface area contributed by atoms with Crippen LogP contribution in [0.1, 0.15) is 30.7 Å². The van der Waals surface area contributed by atoms with E-state index in [9.17, 15) is 9.59 Å². The summed E-state index contributed by atoms with van der Waals surface area (Å²) in [5.74, 6) is 0.00426. The van der Waals surface area contributed by atoms with Crippen molar-refractivity contribution in [2.75, 3.05) is 27.2 Å². The van der Waals surface area contributed by atoms with Crippen LogP contribution in [0.3, 0.4) is 0 Å². The maximum absolute atomic E-state index is 12.6. The Morgan fingerprint density at radius 3 is 2.73 bits per heavy atom. The highest BCUT2D eigenvalue weighted by atomic mass is 16.2. The van der Waals surface area contributed by atoms with E-state index in [1.165, 1.54) is 4.57 Å². The molecule has 0 aromatic carbocycles. The van der Waals surface area contributed by atoms with E-state index in [0.717, 1.165) is 38.0 Å². The second-order valence-electron chi connectivity index (χ2n) is 6.36. The van der Waals surface area contributed by atoms with E-state index in [4.69, 9.17) is 0 Å². The van der Waals surface area contributed by atoms with Gasteiger partial charge in [0.15, 0.2) is 0 Å². The van der Waals surface area contributed by atoms with E-state index in [1.807, 2.05) is 17.9 Å². The van der Waals surface area contributed by atoms with Gasteiger partial charge in [0.1, 0.15) is 6.54 Å². The van der Waals surface area contributed by atoms with Crippen molar-refractivity contribution < 1.29 is 4.79 Å². The van der Waals surface area contributed by atoms with E-state index in [-0.39, 0.29) is 18.1 Å². The van der Waals surface area contributed by atoms with Gasteiger partial charge in [-0.1, -0.05) is 6.42 Å². The number of carbonyl (C=O) groups excluding carboxylic acids is 1. The van der Waals surface area contributed by atoms with Gasteiger partial charge in [0.25, 0.3) is 0 Å². The summed E-state index contributed by atoms with van der Waals surface area (Å²) in [6.07, 6.45) is 3.27. The molecular formula is C16H26N4O2. The largest absolute Gasteiger partial charge is 0.348 e. The molecule has 1 aliphatic heterocycles. The topological polar surface area (TPSA) is 58.4 Å². The zero-order valence-corrected chi connectivity index (χ0v) is 14.0. The molecule has 0 saturated carbocycles. The van der Waals surface area contributed by atoms with E-state index in [0.29, 0.717) is 11.7 Å². The summed E-state index contributed by atoms with van der Waals surface area (Å²) in [6.45, 7) is 5.22. The molecule has 1 aromatic rings. The Morgan fingerprint density at radius 1 is 1.36 bits per heavy atom. The summed E-state index contributed by atoms with van der Waals surface area (Å²) in [5.41, 5.74) is 1.13. The molecule has 1 unspecified atom stereocenters. The fraction of sp³-hybridized carbons (Fsp3) is 0.688. The van der Waals surface area contributed by atoms with Crippen molar-refractivity contribution in [2.45, 2.75) is 45.7 Å². The first kappa shape index (κ1) is 16.7. The molecule has 1 aliphatic rings. The van der Waals surface area contributed by atoms with Crippen LogP contribution in [0.5, 0.6) is 0 Å². The SMILES string of the molecule is Cc1cc(C)n(CC(=O)N2CCCCC(N(C)C)C2)c(=O)n1. The normalized spacial score (nSPS) is 19.3. The van der Waals surface area contributed by atoms with Gasteiger partial charge in [0.2, 0.25) is 5.91 Å². The molecule has 0 bridgehead atoms. The van der Waals surface area contributed by atoms with Gasteiger partial charge in [-0.2, -0.15) is 4.98 Å². The molecule has 2 heterocycles. The van der Waals surface area contributed by atoms with E-state index < -0.39 is 0 Å². The predicted octanol–water partition coefficient (Wildman–Crippen LogP) is 0.803. The predicted molar refractivity (Wildman–Crippen MR) is 85.9 cm³/mol. The number of rotatable bonds is 3. The Labute approximate surface area is 131 Å². The number of amides is 1. The fourth-order valence-corrected chi connectivity index (χ4v) is 2.97. The van der Waals surface area contributed by atoms with Gasteiger partial charge < -0.3 is 9.80 Å². The monoisotopic (exact) mass is 306 g/mol. The molecule has 1 saturated heterocycles. The van der Waals surface area contributed by atoms with E-state index in [2.05, 4.69) is 24.0 Å². The smallest absolute Gasteiger partial charge is 0.340 e. The van der Waals surface area contributed by atoms with E-state index >= 15 is 0 Å². The van der Waals surface area contributed by atoms with Gasteiger partial charge in [0, 0.05) is 30.5 Å². The molecule has 2 rings (SSSR count). The van der Waals surface area contributed by atoms with Crippen LogP contribution in [0, 0.1) is 13.8 Å². The summed E-state index contributed by atoms with van der Waals surface area (Å²) in [7, 11) is 4.11. The molecule has 1 fully saturated rings. The number of aromatic nitrogens is 2. The number of aryl methyl sites for hydroxylation is 2. The molecule has 0 N–H and O–H groups in total. The minimum Gasteiger partial charge on any atom is -0.340 e. The van der Waals surface area contributed by atoms with Gasteiger partial charge in [-0.25, -0.2) is 4.79 Å². The average Bonchev–Trinajstić information content (AvgIpc) is 2.68. The summed E-state index contributed by atoms with van der Waals surface area (Å²) < 4.78 is 1.46. The first-order chi connectivity index (χ1) is 10.4. The van der Waals surface area contributed by atoms with Crippen LogP contribution in [0.25, 0.3) is 0 Å². The quantitative estimate of drug-likeness (QED) is 0.829. The minimum absolute atomic E-state index is 0.00426. The Hall–Kier alpha value is -1.69. The molecule has 0 spiro atoms. The van der Waals surface area contributed by atoms with Crippen molar-refractivity contribution in [3.05, 3.63) is 27.9 Å². The number of likely N-dealkylation sites (N-methyl/N-ethyl adjacent to an activating group) is 1. The van der Waals surface area contributed by atoms with Crippen LogP contribution in [-0.4, -0.2) is 58.5 Å². The number of hydrogen-bond donors (Lipinski definition) is 0. The van der Waals surface area contributed by atoms with E-state index in [1.54, 1.807) is 6.92 Å². The van der Waals surface area contributed by atoms with Crippen molar-refractivity contribution in [3.8, 4) is 0 Å². The molecule has 122 valence electrons. The zero-order valence-electron chi connectivity index (χ0n) is 14.0. The van der Waals surface area contributed by atoms with Crippen molar-refractivity contribution >= 4 is 5.91 Å². The lowest BCUT2D eigenvalue weighted by atomic mass is 10.1. The fourth-order valence-electron chi connectivity index (χ4n) is 2.97. The van der Waals surface area contributed by atoms with Gasteiger partial charge in [0.05, 0.1) is 0 Å². The first-order valence-electron chi connectivity index (χ1n) is 7.87. The third kappa shape index (κ3) is 3.94. The van der Waals surface area contributed by atoms with Crippen LogP contribution < -0.4 is 5.69 Å². The van der Waals surface area contributed by atoms with Crippen molar-refractivity contribution in [1.29, 1.82) is 0 Å². The lowest BCUT2D eigenvalue weighted by Gasteiger charge is -2.28. The van der Waals surface area contributed by atoms with Crippen LogP contribution in [0.4, 0.5) is 0 Å². The van der Waals surface area contributed by atoms with Gasteiger partial charge in [-0.3, -0.25) is 9.36 Å². The zero-order chi connectivity index (χ0) is 16.3. The number of carbonyl (C=O) groups is 1. The maximum atomic E-state index is 12.6.